The molecule has 2 aromatic carbocycles. The molecule has 2 aromatic rings. The van der Waals surface area contributed by atoms with E-state index in [1.807, 2.05) is 0 Å². The first-order chi connectivity index (χ1) is 8.98. The molecule has 0 unspecified atom stereocenters. The highest BCUT2D eigenvalue weighted by atomic mass is 32.2. The van der Waals surface area contributed by atoms with E-state index in [1.165, 1.54) is 24.3 Å². The van der Waals surface area contributed by atoms with Crippen LogP contribution in [0.2, 0.25) is 0 Å². The Morgan fingerprint density at radius 2 is 1.58 bits per heavy atom. The molecule has 0 radical (unpaired) electrons. The number of alkyl halides is 3. The van der Waals surface area contributed by atoms with Crippen molar-refractivity contribution in [1.82, 2.24) is 0 Å². The van der Waals surface area contributed by atoms with Crippen molar-refractivity contribution < 1.29 is 18.3 Å². The summed E-state index contributed by atoms with van der Waals surface area (Å²) < 4.78 is 40.9. The zero-order valence-corrected chi connectivity index (χ0v) is 10.4. The number of aromatic hydroxyl groups is 1. The van der Waals surface area contributed by atoms with Gasteiger partial charge in [0.2, 0.25) is 0 Å². The third kappa shape index (κ3) is 3.35. The number of benzene rings is 2. The highest BCUT2D eigenvalue weighted by molar-refractivity contribution is 8.00. The van der Waals surface area contributed by atoms with E-state index in [0.29, 0.717) is 4.90 Å². The maximum Gasteiger partial charge on any atom is 0.418 e. The number of anilines is 1. The van der Waals surface area contributed by atoms with E-state index in [-0.39, 0.29) is 11.4 Å². The molecular weight excluding hydrogens is 275 g/mol. The highest BCUT2D eigenvalue weighted by Gasteiger charge is 2.33. The fourth-order valence-electron chi connectivity index (χ4n) is 1.47. The van der Waals surface area contributed by atoms with Gasteiger partial charge in [-0.05, 0) is 36.2 Å². The minimum Gasteiger partial charge on any atom is -0.507 e. The van der Waals surface area contributed by atoms with Gasteiger partial charge in [-0.2, -0.15) is 13.2 Å². The molecule has 0 aromatic heterocycles. The number of halogens is 3. The first-order valence-corrected chi connectivity index (χ1v) is 6.17. The predicted octanol–water partition coefficient (Wildman–Crippen LogP) is 4.53. The van der Waals surface area contributed by atoms with Crippen molar-refractivity contribution in [2.24, 2.45) is 0 Å². The standard InChI is InChI=1S/C13H10F3NOS/c14-13(15,16)9-5-1-2-6-10(9)17-19-12-8-4-3-7-11(12)18/h1-8,17-18H. The molecule has 2 N–H and O–H groups in total. The van der Waals surface area contributed by atoms with Gasteiger partial charge in [-0.1, -0.05) is 24.3 Å². The van der Waals surface area contributed by atoms with Crippen LogP contribution in [0.3, 0.4) is 0 Å². The lowest BCUT2D eigenvalue weighted by atomic mass is 10.2. The van der Waals surface area contributed by atoms with Crippen LogP contribution in [0, 0.1) is 0 Å². The zero-order valence-electron chi connectivity index (χ0n) is 9.61. The van der Waals surface area contributed by atoms with E-state index in [9.17, 15) is 18.3 Å². The number of phenolic OH excluding ortho intramolecular Hbond substituents is 1. The Hall–Kier alpha value is -1.82. The van der Waals surface area contributed by atoms with Crippen LogP contribution >= 0.6 is 11.9 Å². The van der Waals surface area contributed by atoms with E-state index in [2.05, 4.69) is 4.72 Å². The minimum absolute atomic E-state index is 0.0180. The van der Waals surface area contributed by atoms with E-state index >= 15 is 0 Å². The Kier molecular flexibility index (Phi) is 3.90. The molecule has 0 spiro atoms. The third-order valence-electron chi connectivity index (χ3n) is 2.37. The molecule has 0 aliphatic heterocycles. The van der Waals surface area contributed by atoms with Gasteiger partial charge in [0.15, 0.2) is 0 Å². The molecule has 0 bridgehead atoms. The fraction of sp³-hybridized carbons (Fsp3) is 0.0769. The summed E-state index contributed by atoms with van der Waals surface area (Å²) in [5.41, 5.74) is -0.777. The molecule has 0 atom stereocenters. The molecule has 19 heavy (non-hydrogen) atoms. The summed E-state index contributed by atoms with van der Waals surface area (Å²) in [6.45, 7) is 0. The van der Waals surface area contributed by atoms with Gasteiger partial charge in [0.05, 0.1) is 16.1 Å². The zero-order chi connectivity index (χ0) is 13.9. The summed E-state index contributed by atoms with van der Waals surface area (Å²) in [5, 5.41) is 9.53. The lowest BCUT2D eigenvalue weighted by Crippen LogP contribution is -2.07. The van der Waals surface area contributed by atoms with Crippen LogP contribution in [0.1, 0.15) is 5.56 Å². The van der Waals surface area contributed by atoms with Crippen LogP contribution < -0.4 is 4.72 Å². The van der Waals surface area contributed by atoms with Gasteiger partial charge in [0, 0.05) is 0 Å². The van der Waals surface area contributed by atoms with Gasteiger partial charge in [0.25, 0.3) is 0 Å². The topological polar surface area (TPSA) is 32.3 Å². The molecule has 0 heterocycles. The summed E-state index contributed by atoms with van der Waals surface area (Å²) >= 11 is 0.930. The van der Waals surface area contributed by atoms with Crippen molar-refractivity contribution in [3.63, 3.8) is 0 Å². The summed E-state index contributed by atoms with van der Waals surface area (Å²) in [4.78, 5) is 0.458. The highest BCUT2D eigenvalue weighted by Crippen LogP contribution is 2.37. The van der Waals surface area contributed by atoms with E-state index < -0.39 is 11.7 Å². The summed E-state index contributed by atoms with van der Waals surface area (Å²) in [7, 11) is 0. The molecular formula is C13H10F3NOS. The number of hydrogen-bond donors (Lipinski definition) is 2. The van der Waals surface area contributed by atoms with Crippen LogP contribution in [0.25, 0.3) is 0 Å². The summed E-state index contributed by atoms with van der Waals surface area (Å²) in [6, 6.07) is 11.6. The smallest absolute Gasteiger partial charge is 0.418 e. The summed E-state index contributed by atoms with van der Waals surface area (Å²) in [5.74, 6) is 0.0180. The Balaban J connectivity index is 2.19. The van der Waals surface area contributed by atoms with Crippen molar-refractivity contribution in [2.45, 2.75) is 11.1 Å². The molecule has 6 heteroatoms. The second-order valence-electron chi connectivity index (χ2n) is 3.72. The molecule has 0 saturated heterocycles. The van der Waals surface area contributed by atoms with Gasteiger partial charge in [-0.3, -0.25) is 0 Å². The molecule has 0 aliphatic rings. The van der Waals surface area contributed by atoms with Crippen LogP contribution in [0.15, 0.2) is 53.4 Å². The van der Waals surface area contributed by atoms with Crippen LogP contribution in [-0.2, 0) is 6.18 Å². The average molecular weight is 285 g/mol. The first-order valence-electron chi connectivity index (χ1n) is 5.35. The quantitative estimate of drug-likeness (QED) is 0.813. The molecule has 0 fully saturated rings. The number of hydrogen-bond acceptors (Lipinski definition) is 3. The SMILES string of the molecule is Oc1ccccc1SNc1ccccc1C(F)(F)F. The van der Waals surface area contributed by atoms with Crippen LogP contribution in [-0.4, -0.2) is 5.11 Å². The van der Waals surface area contributed by atoms with Crippen molar-refractivity contribution in [2.75, 3.05) is 4.72 Å². The molecule has 0 saturated carbocycles. The number of rotatable bonds is 3. The Bertz CT molecular complexity index is 572. The second kappa shape index (κ2) is 5.44. The minimum atomic E-state index is -4.41. The molecule has 2 nitrogen and oxygen atoms in total. The van der Waals surface area contributed by atoms with E-state index in [0.717, 1.165) is 18.0 Å². The van der Waals surface area contributed by atoms with Crippen molar-refractivity contribution >= 4 is 17.6 Å². The lowest BCUT2D eigenvalue weighted by Gasteiger charge is -2.13. The van der Waals surface area contributed by atoms with Gasteiger partial charge < -0.3 is 9.83 Å². The Labute approximate surface area is 112 Å². The number of phenols is 1. The molecule has 100 valence electrons. The van der Waals surface area contributed by atoms with Gasteiger partial charge in [-0.25, -0.2) is 0 Å². The maximum absolute atomic E-state index is 12.8. The van der Waals surface area contributed by atoms with Gasteiger partial charge >= 0.3 is 6.18 Å². The first kappa shape index (κ1) is 13.6. The summed E-state index contributed by atoms with van der Waals surface area (Å²) in [6.07, 6.45) is -4.41. The fourth-order valence-corrected chi connectivity index (χ4v) is 2.19. The number of nitrogens with one attached hydrogen (secondary N) is 1. The van der Waals surface area contributed by atoms with Crippen molar-refractivity contribution in [1.29, 1.82) is 0 Å². The predicted molar refractivity (Wildman–Crippen MR) is 69.0 cm³/mol. The normalized spacial score (nSPS) is 11.3. The van der Waals surface area contributed by atoms with Crippen molar-refractivity contribution in [3.05, 3.63) is 54.1 Å². The number of para-hydroxylation sites is 2. The average Bonchev–Trinajstić information content (AvgIpc) is 2.37. The Morgan fingerprint density at radius 1 is 0.947 bits per heavy atom. The van der Waals surface area contributed by atoms with Gasteiger partial charge in [0.1, 0.15) is 5.75 Å². The van der Waals surface area contributed by atoms with Gasteiger partial charge in [-0.15, -0.1) is 0 Å². The van der Waals surface area contributed by atoms with E-state index in [1.54, 1.807) is 18.2 Å². The molecule has 2 rings (SSSR count). The monoisotopic (exact) mass is 285 g/mol. The Morgan fingerprint density at radius 3 is 2.26 bits per heavy atom. The molecule has 0 aliphatic carbocycles. The van der Waals surface area contributed by atoms with E-state index in [4.69, 9.17) is 0 Å². The molecule has 0 amide bonds. The second-order valence-corrected chi connectivity index (χ2v) is 4.56. The largest absolute Gasteiger partial charge is 0.507 e. The van der Waals surface area contributed by atoms with Crippen molar-refractivity contribution in [3.8, 4) is 5.75 Å². The maximum atomic E-state index is 12.8. The van der Waals surface area contributed by atoms with Crippen LogP contribution in [0.5, 0.6) is 5.75 Å². The lowest BCUT2D eigenvalue weighted by molar-refractivity contribution is -0.136. The van der Waals surface area contributed by atoms with Crippen LogP contribution in [0.4, 0.5) is 18.9 Å². The third-order valence-corrected chi connectivity index (χ3v) is 3.26.